The highest BCUT2D eigenvalue weighted by atomic mass is 15.3. The third kappa shape index (κ3) is 2.80. The molecule has 15 heavy (non-hydrogen) atoms. The first-order valence-electron chi connectivity index (χ1n) is 5.21. The number of nitrogens with zero attached hydrogens (tertiary/aromatic N) is 4. The second-order valence-corrected chi connectivity index (χ2v) is 3.81. The van der Waals surface area contributed by atoms with Crippen LogP contribution in [-0.4, -0.2) is 27.8 Å². The van der Waals surface area contributed by atoms with Crippen molar-refractivity contribution in [3.8, 4) is 6.07 Å². The highest BCUT2D eigenvalue weighted by molar-refractivity contribution is 5.09. The fourth-order valence-electron chi connectivity index (χ4n) is 1.49. The molecule has 1 aromatic heterocycles. The topological polar surface area (TPSA) is 44.9 Å². The van der Waals surface area contributed by atoms with E-state index < -0.39 is 0 Å². The van der Waals surface area contributed by atoms with Crippen molar-refractivity contribution in [2.75, 3.05) is 7.05 Å². The van der Waals surface area contributed by atoms with Gasteiger partial charge < -0.3 is 0 Å². The van der Waals surface area contributed by atoms with E-state index in [0.717, 1.165) is 18.8 Å². The monoisotopic (exact) mass is 206 g/mol. The average Bonchev–Trinajstić information content (AvgIpc) is 2.57. The fourth-order valence-corrected chi connectivity index (χ4v) is 1.49. The van der Waals surface area contributed by atoms with E-state index in [-0.39, 0.29) is 6.04 Å². The maximum atomic E-state index is 8.80. The van der Waals surface area contributed by atoms with E-state index >= 15 is 0 Å². The molecule has 0 saturated carbocycles. The molecule has 0 amide bonds. The molecule has 0 aliphatic carbocycles. The summed E-state index contributed by atoms with van der Waals surface area (Å²) >= 11 is 0. The van der Waals surface area contributed by atoms with Crippen LogP contribution in [0.5, 0.6) is 0 Å². The molecule has 1 rings (SSSR count). The fraction of sp³-hybridized carbons (Fsp3) is 0.636. The van der Waals surface area contributed by atoms with Gasteiger partial charge >= 0.3 is 0 Å². The van der Waals surface area contributed by atoms with Crippen LogP contribution in [0, 0.1) is 18.3 Å². The van der Waals surface area contributed by atoms with E-state index in [0.29, 0.717) is 0 Å². The van der Waals surface area contributed by atoms with Gasteiger partial charge in [-0.05, 0) is 33.9 Å². The summed E-state index contributed by atoms with van der Waals surface area (Å²) in [6.45, 7) is 7.61. The van der Waals surface area contributed by atoms with Gasteiger partial charge in [-0.3, -0.25) is 9.58 Å². The van der Waals surface area contributed by atoms with Crippen molar-refractivity contribution in [1.82, 2.24) is 14.7 Å². The van der Waals surface area contributed by atoms with Crippen LogP contribution in [0.3, 0.4) is 0 Å². The van der Waals surface area contributed by atoms with Crippen LogP contribution in [0.4, 0.5) is 0 Å². The second-order valence-electron chi connectivity index (χ2n) is 3.81. The van der Waals surface area contributed by atoms with E-state index in [1.807, 2.05) is 30.5 Å². The Balaban J connectivity index is 2.76. The molecule has 4 heteroatoms. The molecule has 1 aromatic rings. The molecule has 0 bridgehead atoms. The molecule has 1 heterocycles. The Bertz CT molecular complexity index is 361. The molecule has 0 spiro atoms. The second kappa shape index (κ2) is 4.94. The van der Waals surface area contributed by atoms with Gasteiger partial charge in [0.2, 0.25) is 0 Å². The van der Waals surface area contributed by atoms with Gasteiger partial charge in [-0.15, -0.1) is 0 Å². The lowest BCUT2D eigenvalue weighted by Gasteiger charge is -2.18. The van der Waals surface area contributed by atoms with Crippen molar-refractivity contribution >= 4 is 0 Å². The zero-order chi connectivity index (χ0) is 11.4. The number of aryl methyl sites for hydroxylation is 2. The molecule has 82 valence electrons. The van der Waals surface area contributed by atoms with E-state index in [1.165, 1.54) is 5.69 Å². The summed E-state index contributed by atoms with van der Waals surface area (Å²) in [4.78, 5) is 2.02. The Morgan fingerprint density at radius 2 is 2.33 bits per heavy atom. The summed E-state index contributed by atoms with van der Waals surface area (Å²) in [7, 11) is 1.95. The van der Waals surface area contributed by atoms with Crippen molar-refractivity contribution in [2.24, 2.45) is 0 Å². The number of hydrogen-bond donors (Lipinski definition) is 0. The minimum Gasteiger partial charge on any atom is -0.285 e. The molecule has 1 unspecified atom stereocenters. The van der Waals surface area contributed by atoms with Crippen LogP contribution < -0.4 is 0 Å². The van der Waals surface area contributed by atoms with Crippen LogP contribution in [0.1, 0.15) is 25.2 Å². The number of nitriles is 1. The molecule has 0 aliphatic heterocycles. The normalized spacial score (nSPS) is 12.8. The predicted molar refractivity (Wildman–Crippen MR) is 59.2 cm³/mol. The standard InChI is InChI=1S/C11H18N4/c1-5-15-11(6-9(2)13-15)8-14(4)10(3)7-12/h6,10H,5,8H2,1-4H3. The van der Waals surface area contributed by atoms with Crippen LogP contribution in [0.15, 0.2) is 6.07 Å². The Morgan fingerprint density at radius 3 is 2.87 bits per heavy atom. The Hall–Kier alpha value is -1.34. The minimum atomic E-state index is -0.0643. The summed E-state index contributed by atoms with van der Waals surface area (Å²) < 4.78 is 1.98. The number of hydrogen-bond acceptors (Lipinski definition) is 3. The Morgan fingerprint density at radius 1 is 1.67 bits per heavy atom. The van der Waals surface area contributed by atoms with Crippen molar-refractivity contribution in [2.45, 2.75) is 39.9 Å². The van der Waals surface area contributed by atoms with Gasteiger partial charge in [-0.2, -0.15) is 10.4 Å². The third-order valence-electron chi connectivity index (χ3n) is 2.54. The SMILES string of the molecule is CCn1nc(C)cc1CN(C)C(C)C#N. The third-order valence-corrected chi connectivity index (χ3v) is 2.54. The van der Waals surface area contributed by atoms with Gasteiger partial charge in [-0.25, -0.2) is 0 Å². The van der Waals surface area contributed by atoms with Gasteiger partial charge in [0.05, 0.1) is 23.5 Å². The first-order chi connectivity index (χ1) is 7.08. The molecule has 0 saturated heterocycles. The van der Waals surface area contributed by atoms with Crippen LogP contribution in [0.25, 0.3) is 0 Å². The smallest absolute Gasteiger partial charge is 0.0950 e. The lowest BCUT2D eigenvalue weighted by Crippen LogP contribution is -2.28. The largest absolute Gasteiger partial charge is 0.285 e. The highest BCUT2D eigenvalue weighted by Crippen LogP contribution is 2.08. The number of aromatic nitrogens is 2. The van der Waals surface area contributed by atoms with Gasteiger partial charge in [0.15, 0.2) is 0 Å². The highest BCUT2D eigenvalue weighted by Gasteiger charge is 2.11. The molecular formula is C11H18N4. The molecule has 0 aromatic carbocycles. The average molecular weight is 206 g/mol. The maximum Gasteiger partial charge on any atom is 0.0950 e. The molecule has 1 atom stereocenters. The zero-order valence-electron chi connectivity index (χ0n) is 9.86. The quantitative estimate of drug-likeness (QED) is 0.751. The van der Waals surface area contributed by atoms with E-state index in [4.69, 9.17) is 5.26 Å². The van der Waals surface area contributed by atoms with Gasteiger partial charge in [0, 0.05) is 13.1 Å². The summed E-state index contributed by atoms with van der Waals surface area (Å²) in [5, 5.41) is 13.2. The summed E-state index contributed by atoms with van der Waals surface area (Å²) in [6.07, 6.45) is 0. The molecule has 0 fully saturated rings. The molecule has 0 N–H and O–H groups in total. The first-order valence-corrected chi connectivity index (χ1v) is 5.21. The predicted octanol–water partition coefficient (Wildman–Crippen LogP) is 1.56. The molecule has 4 nitrogen and oxygen atoms in total. The van der Waals surface area contributed by atoms with Gasteiger partial charge in [0.25, 0.3) is 0 Å². The Labute approximate surface area is 91.1 Å². The van der Waals surface area contributed by atoms with E-state index in [2.05, 4.69) is 24.2 Å². The lowest BCUT2D eigenvalue weighted by atomic mass is 10.3. The lowest BCUT2D eigenvalue weighted by molar-refractivity contribution is 0.284. The van der Waals surface area contributed by atoms with Crippen LogP contribution >= 0.6 is 0 Å². The molecule has 0 aliphatic rings. The van der Waals surface area contributed by atoms with Crippen molar-refractivity contribution in [1.29, 1.82) is 5.26 Å². The van der Waals surface area contributed by atoms with E-state index in [1.54, 1.807) is 0 Å². The summed E-state index contributed by atoms with van der Waals surface area (Å²) in [5.41, 5.74) is 2.20. The Kier molecular flexibility index (Phi) is 3.87. The maximum absolute atomic E-state index is 8.80. The van der Waals surface area contributed by atoms with E-state index in [9.17, 15) is 0 Å². The summed E-state index contributed by atoms with van der Waals surface area (Å²) in [5.74, 6) is 0. The number of rotatable bonds is 4. The van der Waals surface area contributed by atoms with Crippen molar-refractivity contribution < 1.29 is 0 Å². The summed E-state index contributed by atoms with van der Waals surface area (Å²) in [6, 6.07) is 4.23. The van der Waals surface area contributed by atoms with Gasteiger partial charge in [0.1, 0.15) is 0 Å². The molecular weight excluding hydrogens is 188 g/mol. The minimum absolute atomic E-state index is 0.0643. The van der Waals surface area contributed by atoms with Crippen LogP contribution in [0.2, 0.25) is 0 Å². The van der Waals surface area contributed by atoms with Crippen molar-refractivity contribution in [3.63, 3.8) is 0 Å². The first kappa shape index (κ1) is 11.7. The van der Waals surface area contributed by atoms with Crippen LogP contribution in [-0.2, 0) is 13.1 Å². The zero-order valence-corrected chi connectivity index (χ0v) is 9.86. The van der Waals surface area contributed by atoms with Gasteiger partial charge in [-0.1, -0.05) is 0 Å². The van der Waals surface area contributed by atoms with Crippen molar-refractivity contribution in [3.05, 3.63) is 17.5 Å². The molecule has 0 radical (unpaired) electrons.